The molecule has 16 heavy (non-hydrogen) atoms. The highest BCUT2D eigenvalue weighted by molar-refractivity contribution is 5.77. The van der Waals surface area contributed by atoms with Crippen molar-refractivity contribution in [3.63, 3.8) is 0 Å². The van der Waals surface area contributed by atoms with E-state index in [1.165, 1.54) is 18.3 Å². The summed E-state index contributed by atoms with van der Waals surface area (Å²) in [6.45, 7) is 0. The number of hydrogen-bond donors (Lipinski definition) is 1. The van der Waals surface area contributed by atoms with Gasteiger partial charge in [0, 0.05) is 18.6 Å². The molecule has 0 saturated carbocycles. The Morgan fingerprint density at radius 3 is 2.56 bits per heavy atom. The van der Waals surface area contributed by atoms with Crippen molar-refractivity contribution >= 4 is 11.6 Å². The SMILES string of the molecule is N#CNC(=O)CCc1ccc([N+](=O)[O-])cc1. The van der Waals surface area contributed by atoms with Gasteiger partial charge >= 0.3 is 0 Å². The highest BCUT2D eigenvalue weighted by Gasteiger charge is 2.05. The zero-order valence-electron chi connectivity index (χ0n) is 8.34. The smallest absolute Gasteiger partial charge is 0.269 e. The summed E-state index contributed by atoms with van der Waals surface area (Å²) in [7, 11) is 0. The average Bonchev–Trinajstić information content (AvgIpc) is 2.27. The lowest BCUT2D eigenvalue weighted by Crippen LogP contribution is -2.17. The molecule has 1 aromatic rings. The molecule has 0 aromatic heterocycles. The molecule has 0 aliphatic heterocycles. The molecular weight excluding hydrogens is 210 g/mol. The summed E-state index contributed by atoms with van der Waals surface area (Å²) in [5.74, 6) is -0.360. The van der Waals surface area contributed by atoms with Crippen molar-refractivity contribution < 1.29 is 9.72 Å². The van der Waals surface area contributed by atoms with Crippen molar-refractivity contribution in [1.29, 1.82) is 5.26 Å². The Balaban J connectivity index is 2.53. The topological polar surface area (TPSA) is 96.0 Å². The van der Waals surface area contributed by atoms with Gasteiger partial charge in [-0.15, -0.1) is 0 Å². The van der Waals surface area contributed by atoms with Crippen LogP contribution in [-0.4, -0.2) is 10.8 Å². The van der Waals surface area contributed by atoms with Gasteiger partial charge in [-0.1, -0.05) is 12.1 Å². The first-order valence-corrected chi connectivity index (χ1v) is 4.54. The third kappa shape index (κ3) is 3.38. The van der Waals surface area contributed by atoms with Gasteiger partial charge in [0.05, 0.1) is 4.92 Å². The monoisotopic (exact) mass is 219 g/mol. The number of amides is 1. The highest BCUT2D eigenvalue weighted by atomic mass is 16.6. The normalized spacial score (nSPS) is 9.19. The Hall–Kier alpha value is -2.42. The van der Waals surface area contributed by atoms with E-state index in [0.717, 1.165) is 5.56 Å². The maximum Gasteiger partial charge on any atom is 0.269 e. The number of nitro benzene ring substituents is 1. The molecule has 82 valence electrons. The van der Waals surface area contributed by atoms with Crippen LogP contribution < -0.4 is 5.32 Å². The third-order valence-corrected chi connectivity index (χ3v) is 1.98. The zero-order valence-corrected chi connectivity index (χ0v) is 8.34. The lowest BCUT2D eigenvalue weighted by Gasteiger charge is -1.99. The fourth-order valence-corrected chi connectivity index (χ4v) is 1.17. The minimum Gasteiger partial charge on any atom is -0.274 e. The summed E-state index contributed by atoms with van der Waals surface area (Å²) < 4.78 is 0. The number of hydrogen-bond acceptors (Lipinski definition) is 4. The number of nitrogens with one attached hydrogen (secondary N) is 1. The van der Waals surface area contributed by atoms with Gasteiger partial charge in [-0.05, 0) is 12.0 Å². The van der Waals surface area contributed by atoms with Gasteiger partial charge in [0.2, 0.25) is 5.91 Å². The van der Waals surface area contributed by atoms with E-state index in [2.05, 4.69) is 0 Å². The number of benzene rings is 1. The quantitative estimate of drug-likeness (QED) is 0.355. The molecule has 1 amide bonds. The average molecular weight is 219 g/mol. The lowest BCUT2D eigenvalue weighted by atomic mass is 10.1. The van der Waals surface area contributed by atoms with Crippen LogP contribution >= 0.6 is 0 Å². The molecule has 0 atom stereocenters. The van der Waals surface area contributed by atoms with Gasteiger partial charge in [-0.2, -0.15) is 5.26 Å². The van der Waals surface area contributed by atoms with Crippen molar-refractivity contribution in [2.24, 2.45) is 0 Å². The molecule has 1 aromatic carbocycles. The zero-order chi connectivity index (χ0) is 12.0. The summed E-state index contributed by atoms with van der Waals surface area (Å²) in [4.78, 5) is 20.8. The summed E-state index contributed by atoms with van der Waals surface area (Å²) in [6, 6.07) is 5.96. The van der Waals surface area contributed by atoms with Crippen LogP contribution in [0.3, 0.4) is 0 Å². The van der Waals surface area contributed by atoms with E-state index >= 15 is 0 Å². The lowest BCUT2D eigenvalue weighted by molar-refractivity contribution is -0.384. The Morgan fingerprint density at radius 1 is 1.44 bits per heavy atom. The number of non-ortho nitro benzene ring substituents is 1. The van der Waals surface area contributed by atoms with Gasteiger partial charge < -0.3 is 0 Å². The van der Waals surface area contributed by atoms with E-state index in [0.29, 0.717) is 6.42 Å². The van der Waals surface area contributed by atoms with Gasteiger partial charge in [0.1, 0.15) is 0 Å². The maximum absolute atomic E-state index is 10.9. The van der Waals surface area contributed by atoms with E-state index in [1.807, 2.05) is 5.32 Å². The molecule has 6 nitrogen and oxygen atoms in total. The molecule has 0 spiro atoms. The van der Waals surface area contributed by atoms with Crippen molar-refractivity contribution in [2.45, 2.75) is 12.8 Å². The van der Waals surface area contributed by atoms with E-state index < -0.39 is 4.92 Å². The van der Waals surface area contributed by atoms with Crippen molar-refractivity contribution in [3.8, 4) is 6.19 Å². The minimum absolute atomic E-state index is 0.0187. The van der Waals surface area contributed by atoms with Crippen LogP contribution in [0.2, 0.25) is 0 Å². The number of carbonyl (C=O) groups is 1. The Labute approximate surface area is 91.6 Å². The van der Waals surface area contributed by atoms with Crippen molar-refractivity contribution in [2.75, 3.05) is 0 Å². The first-order chi connectivity index (χ1) is 7.63. The Morgan fingerprint density at radius 2 is 2.06 bits per heavy atom. The predicted octanol–water partition coefficient (Wildman–Crippen LogP) is 1.12. The molecule has 0 fully saturated rings. The summed E-state index contributed by atoms with van der Waals surface area (Å²) in [6.07, 6.45) is 2.17. The van der Waals surface area contributed by atoms with Gasteiger partial charge in [0.25, 0.3) is 5.69 Å². The molecule has 0 bridgehead atoms. The van der Waals surface area contributed by atoms with Gasteiger partial charge in [0.15, 0.2) is 6.19 Å². The molecule has 0 saturated heterocycles. The third-order valence-electron chi connectivity index (χ3n) is 1.98. The molecule has 0 aliphatic carbocycles. The Kier molecular flexibility index (Phi) is 3.98. The number of rotatable bonds is 4. The summed E-state index contributed by atoms with van der Waals surface area (Å²) >= 11 is 0. The fourth-order valence-electron chi connectivity index (χ4n) is 1.17. The van der Waals surface area contributed by atoms with E-state index in [-0.39, 0.29) is 18.0 Å². The van der Waals surface area contributed by atoms with Crippen molar-refractivity contribution in [3.05, 3.63) is 39.9 Å². The molecule has 0 aliphatic rings. The number of nitriles is 1. The number of aryl methyl sites for hydroxylation is 1. The van der Waals surface area contributed by atoms with Gasteiger partial charge in [-0.25, -0.2) is 0 Å². The molecule has 0 unspecified atom stereocenters. The first-order valence-electron chi connectivity index (χ1n) is 4.54. The number of nitrogens with zero attached hydrogens (tertiary/aromatic N) is 2. The largest absolute Gasteiger partial charge is 0.274 e. The standard InChI is InChI=1S/C10H9N3O3/c11-7-12-10(14)6-3-8-1-4-9(5-2-8)13(15)16/h1-2,4-5H,3,6H2,(H,12,14). The van der Waals surface area contributed by atoms with Crippen LogP contribution in [0.15, 0.2) is 24.3 Å². The molecular formula is C10H9N3O3. The molecule has 1 N–H and O–H groups in total. The number of nitro groups is 1. The molecule has 1 rings (SSSR count). The summed E-state index contributed by atoms with van der Waals surface area (Å²) in [5.41, 5.74) is 0.837. The van der Waals surface area contributed by atoms with E-state index in [9.17, 15) is 14.9 Å². The summed E-state index contributed by atoms with van der Waals surface area (Å²) in [5, 5.41) is 20.5. The maximum atomic E-state index is 10.9. The first kappa shape index (κ1) is 11.7. The van der Waals surface area contributed by atoms with E-state index in [4.69, 9.17) is 5.26 Å². The van der Waals surface area contributed by atoms with E-state index in [1.54, 1.807) is 12.1 Å². The fraction of sp³-hybridized carbons (Fsp3) is 0.200. The highest BCUT2D eigenvalue weighted by Crippen LogP contribution is 2.12. The van der Waals surface area contributed by atoms with Crippen LogP contribution in [0.25, 0.3) is 0 Å². The molecule has 0 heterocycles. The second-order valence-corrected chi connectivity index (χ2v) is 3.08. The van der Waals surface area contributed by atoms with Gasteiger partial charge in [-0.3, -0.25) is 20.2 Å². The van der Waals surface area contributed by atoms with Crippen LogP contribution in [-0.2, 0) is 11.2 Å². The van der Waals surface area contributed by atoms with Crippen molar-refractivity contribution in [1.82, 2.24) is 5.32 Å². The molecule has 6 heteroatoms. The van der Waals surface area contributed by atoms with Crippen LogP contribution in [0.1, 0.15) is 12.0 Å². The van der Waals surface area contributed by atoms with Crippen LogP contribution in [0.5, 0.6) is 0 Å². The second kappa shape index (κ2) is 5.46. The van der Waals surface area contributed by atoms with Crippen LogP contribution in [0, 0.1) is 21.6 Å². The number of carbonyl (C=O) groups excluding carboxylic acids is 1. The van der Waals surface area contributed by atoms with Crippen LogP contribution in [0.4, 0.5) is 5.69 Å². The Bertz CT molecular complexity index is 434. The predicted molar refractivity (Wildman–Crippen MR) is 55.2 cm³/mol. The molecule has 0 radical (unpaired) electrons. The second-order valence-electron chi connectivity index (χ2n) is 3.08. The minimum atomic E-state index is -0.480.